The van der Waals surface area contributed by atoms with Crippen LogP contribution < -0.4 is 4.74 Å². The Labute approximate surface area is 230 Å². The second kappa shape index (κ2) is 12.0. The zero-order chi connectivity index (χ0) is 28.3. The number of carbonyl (C=O) groups is 2. The molecule has 8 nitrogen and oxygen atoms in total. The Balaban J connectivity index is 1.82. The van der Waals surface area contributed by atoms with E-state index in [1.54, 1.807) is 4.90 Å². The molecule has 208 valence electrons. The molecule has 0 bridgehead atoms. The van der Waals surface area contributed by atoms with Crippen LogP contribution in [0, 0.1) is 19.8 Å². The van der Waals surface area contributed by atoms with Crippen LogP contribution in [0.5, 0.6) is 5.75 Å². The number of likely N-dealkylation sites (tertiary alicyclic amines) is 1. The Morgan fingerprint density at radius 2 is 1.87 bits per heavy atom. The van der Waals surface area contributed by atoms with Gasteiger partial charge in [0.15, 0.2) is 5.76 Å². The summed E-state index contributed by atoms with van der Waals surface area (Å²) in [6.07, 6.45) is 2.79. The smallest absolute Gasteiger partial charge is 0.295 e. The van der Waals surface area contributed by atoms with Crippen molar-refractivity contribution < 1.29 is 19.4 Å². The first kappa shape index (κ1) is 28.4. The lowest BCUT2D eigenvalue weighted by molar-refractivity contribution is -0.140. The van der Waals surface area contributed by atoms with Gasteiger partial charge in [0.05, 0.1) is 23.9 Å². The summed E-state index contributed by atoms with van der Waals surface area (Å²) in [7, 11) is 0. The molecule has 1 aliphatic heterocycles. The Morgan fingerprint density at radius 3 is 2.54 bits per heavy atom. The lowest BCUT2D eigenvalue weighted by atomic mass is 9.96. The standard InChI is InChI=1S/C31H40N4O4/c1-7-33(8-2)16-17-35-27(23-12-9-13-24(19-23)39-18-14-20(3)4)25(29(37)31(35)38)28(36)26-22(6)34-15-10-11-21(5)30(34)32-26/h9-13,15,19-20,27,36H,7-8,14,16-18H2,1-6H3/b28-25+. The molecular weight excluding hydrogens is 492 g/mol. The first-order valence-corrected chi connectivity index (χ1v) is 13.9. The number of Topliss-reactive ketones (excluding diaryl/α,β-unsaturated/α-hetero) is 1. The van der Waals surface area contributed by atoms with Crippen molar-refractivity contribution in [2.45, 2.75) is 54.0 Å². The molecule has 1 saturated heterocycles. The van der Waals surface area contributed by atoms with Crippen molar-refractivity contribution >= 4 is 23.1 Å². The number of aromatic nitrogens is 2. The molecule has 1 aromatic carbocycles. The maximum absolute atomic E-state index is 13.5. The average molecular weight is 533 g/mol. The van der Waals surface area contributed by atoms with Crippen molar-refractivity contribution in [1.29, 1.82) is 0 Å². The number of benzene rings is 1. The fourth-order valence-corrected chi connectivity index (χ4v) is 5.11. The van der Waals surface area contributed by atoms with Crippen LogP contribution in [0.3, 0.4) is 0 Å². The molecule has 1 amide bonds. The van der Waals surface area contributed by atoms with Gasteiger partial charge < -0.3 is 24.0 Å². The number of amides is 1. The third kappa shape index (κ3) is 5.71. The number of ether oxygens (including phenoxy) is 1. The molecule has 3 heterocycles. The van der Waals surface area contributed by atoms with Gasteiger partial charge in [-0.15, -0.1) is 0 Å². The molecule has 3 aromatic rings. The van der Waals surface area contributed by atoms with E-state index in [0.29, 0.717) is 48.4 Å². The molecule has 1 N–H and O–H groups in total. The first-order chi connectivity index (χ1) is 18.7. The zero-order valence-electron chi connectivity index (χ0n) is 23.9. The molecule has 1 aliphatic rings. The molecule has 0 saturated carbocycles. The van der Waals surface area contributed by atoms with Crippen molar-refractivity contribution in [3.8, 4) is 5.75 Å². The third-order valence-corrected chi connectivity index (χ3v) is 7.54. The fraction of sp³-hybridized carbons (Fsp3) is 0.452. The summed E-state index contributed by atoms with van der Waals surface area (Å²) in [5.41, 5.74) is 3.43. The van der Waals surface area contributed by atoms with Crippen molar-refractivity contribution in [2.75, 3.05) is 32.8 Å². The number of aliphatic hydroxyl groups is 1. The van der Waals surface area contributed by atoms with Gasteiger partial charge in [0.1, 0.15) is 17.1 Å². The van der Waals surface area contributed by atoms with Gasteiger partial charge in [-0.2, -0.15) is 0 Å². The molecule has 39 heavy (non-hydrogen) atoms. The van der Waals surface area contributed by atoms with Gasteiger partial charge in [0.2, 0.25) is 0 Å². The number of nitrogens with zero attached hydrogens (tertiary/aromatic N) is 4. The summed E-state index contributed by atoms with van der Waals surface area (Å²) < 4.78 is 7.89. The van der Waals surface area contributed by atoms with E-state index in [9.17, 15) is 14.7 Å². The van der Waals surface area contributed by atoms with E-state index in [1.807, 2.05) is 60.8 Å². The maximum atomic E-state index is 13.5. The van der Waals surface area contributed by atoms with Gasteiger partial charge in [0.25, 0.3) is 11.7 Å². The van der Waals surface area contributed by atoms with Crippen molar-refractivity contribution in [3.05, 3.63) is 70.7 Å². The number of aliphatic hydroxyl groups excluding tert-OH is 1. The van der Waals surface area contributed by atoms with Crippen molar-refractivity contribution in [2.24, 2.45) is 5.92 Å². The summed E-state index contributed by atoms with van der Waals surface area (Å²) in [5.74, 6) is -0.385. The SMILES string of the molecule is CCN(CC)CCN1C(=O)C(=O)/C(=C(/O)c2nc3c(C)cccn3c2C)C1c1cccc(OCCC(C)C)c1. The highest BCUT2D eigenvalue weighted by atomic mass is 16.5. The summed E-state index contributed by atoms with van der Waals surface area (Å²) in [6.45, 7) is 15.5. The molecule has 1 atom stereocenters. The highest BCUT2D eigenvalue weighted by Crippen LogP contribution is 2.40. The summed E-state index contributed by atoms with van der Waals surface area (Å²) >= 11 is 0. The Bertz CT molecular complexity index is 1390. The number of imidazole rings is 1. The zero-order valence-corrected chi connectivity index (χ0v) is 23.9. The largest absolute Gasteiger partial charge is 0.505 e. The van der Waals surface area contributed by atoms with Gasteiger partial charge in [-0.25, -0.2) is 4.98 Å². The van der Waals surface area contributed by atoms with E-state index in [-0.39, 0.29) is 11.3 Å². The second-order valence-corrected chi connectivity index (χ2v) is 10.6. The molecule has 1 unspecified atom stereocenters. The van der Waals surface area contributed by atoms with E-state index in [0.717, 1.165) is 30.6 Å². The molecule has 8 heteroatoms. The van der Waals surface area contributed by atoms with Crippen LogP contribution in [0.25, 0.3) is 11.4 Å². The summed E-state index contributed by atoms with van der Waals surface area (Å²) in [6, 6.07) is 10.6. The minimum atomic E-state index is -0.750. The van der Waals surface area contributed by atoms with E-state index >= 15 is 0 Å². The second-order valence-electron chi connectivity index (χ2n) is 10.6. The highest BCUT2D eigenvalue weighted by molar-refractivity contribution is 6.46. The van der Waals surface area contributed by atoms with Crippen LogP contribution in [-0.4, -0.2) is 68.8 Å². The molecule has 1 fully saturated rings. The van der Waals surface area contributed by atoms with Crippen LogP contribution in [0.2, 0.25) is 0 Å². The lowest BCUT2D eigenvalue weighted by Crippen LogP contribution is -2.38. The molecule has 4 rings (SSSR count). The first-order valence-electron chi connectivity index (χ1n) is 13.9. The van der Waals surface area contributed by atoms with Crippen molar-refractivity contribution in [3.63, 3.8) is 0 Å². The normalized spacial score (nSPS) is 17.2. The lowest BCUT2D eigenvalue weighted by Gasteiger charge is -2.28. The average Bonchev–Trinajstić information content (AvgIpc) is 3.39. The Hall–Kier alpha value is -3.65. The van der Waals surface area contributed by atoms with Gasteiger partial charge >= 0.3 is 0 Å². The van der Waals surface area contributed by atoms with Crippen LogP contribution >= 0.6 is 0 Å². The molecule has 0 radical (unpaired) electrons. The number of fused-ring (bicyclic) bond motifs is 1. The van der Waals surface area contributed by atoms with Gasteiger partial charge in [-0.05, 0) is 68.6 Å². The van der Waals surface area contributed by atoms with Crippen LogP contribution in [-0.2, 0) is 9.59 Å². The van der Waals surface area contributed by atoms with E-state index in [1.165, 1.54) is 0 Å². The monoisotopic (exact) mass is 532 g/mol. The number of pyridine rings is 1. The van der Waals surface area contributed by atoms with E-state index in [2.05, 4.69) is 37.6 Å². The number of hydrogen-bond donors (Lipinski definition) is 1. The molecule has 0 aliphatic carbocycles. The number of aryl methyl sites for hydroxylation is 2. The minimum Gasteiger partial charge on any atom is -0.505 e. The van der Waals surface area contributed by atoms with Crippen LogP contribution in [0.15, 0.2) is 48.2 Å². The van der Waals surface area contributed by atoms with Gasteiger partial charge in [-0.1, -0.05) is 45.9 Å². The quantitative estimate of drug-likeness (QED) is 0.209. The number of likely N-dealkylation sites (N-methyl/N-ethyl adjacent to an activating group) is 1. The summed E-state index contributed by atoms with van der Waals surface area (Å²) in [5, 5.41) is 11.6. The Morgan fingerprint density at radius 1 is 1.13 bits per heavy atom. The minimum absolute atomic E-state index is 0.0584. The number of rotatable bonds is 11. The molecule has 0 spiro atoms. The van der Waals surface area contributed by atoms with Gasteiger partial charge in [-0.3, -0.25) is 9.59 Å². The van der Waals surface area contributed by atoms with Crippen LogP contribution in [0.1, 0.15) is 62.7 Å². The Kier molecular flexibility index (Phi) is 8.75. The maximum Gasteiger partial charge on any atom is 0.295 e. The number of hydrogen-bond acceptors (Lipinski definition) is 6. The van der Waals surface area contributed by atoms with Gasteiger partial charge in [0, 0.05) is 19.3 Å². The predicted octanol–water partition coefficient (Wildman–Crippen LogP) is 5.14. The van der Waals surface area contributed by atoms with Crippen molar-refractivity contribution in [1.82, 2.24) is 19.2 Å². The highest BCUT2D eigenvalue weighted by Gasteiger charge is 2.46. The number of carbonyl (C=O) groups excluding carboxylic acids is 2. The number of ketones is 1. The predicted molar refractivity (Wildman–Crippen MR) is 153 cm³/mol. The molecular formula is C31H40N4O4. The fourth-order valence-electron chi connectivity index (χ4n) is 5.11. The third-order valence-electron chi connectivity index (χ3n) is 7.54. The van der Waals surface area contributed by atoms with E-state index < -0.39 is 17.7 Å². The van der Waals surface area contributed by atoms with E-state index in [4.69, 9.17) is 4.74 Å². The topological polar surface area (TPSA) is 87.4 Å². The summed E-state index contributed by atoms with van der Waals surface area (Å²) in [4.78, 5) is 35.4. The van der Waals surface area contributed by atoms with Crippen LogP contribution in [0.4, 0.5) is 0 Å². The molecule has 2 aromatic heterocycles.